The third-order valence-corrected chi connectivity index (χ3v) is 4.67. The Balaban J connectivity index is 1.79. The maximum absolute atomic E-state index is 12.4. The Bertz CT molecular complexity index is 1020. The van der Waals surface area contributed by atoms with Crippen LogP contribution in [0.15, 0.2) is 78.0 Å². The van der Waals surface area contributed by atoms with Gasteiger partial charge in [0.15, 0.2) is 15.6 Å². The normalized spacial score (nSPS) is 11.0. The highest BCUT2D eigenvalue weighted by Crippen LogP contribution is 2.28. The molecule has 0 unspecified atom stereocenters. The Morgan fingerprint density at radius 2 is 1.69 bits per heavy atom. The van der Waals surface area contributed by atoms with Crippen LogP contribution < -0.4 is 10.1 Å². The van der Waals surface area contributed by atoms with Crippen molar-refractivity contribution >= 4 is 21.4 Å². The average molecular weight is 368 g/mol. The van der Waals surface area contributed by atoms with Crippen molar-refractivity contribution in [2.24, 2.45) is 0 Å². The minimum atomic E-state index is -3.31. The summed E-state index contributed by atoms with van der Waals surface area (Å²) in [5.74, 6) is 0.690. The highest BCUT2D eigenvalue weighted by Gasteiger charge is 2.13. The number of rotatable bonds is 5. The quantitative estimate of drug-likeness (QED) is 0.745. The largest absolute Gasteiger partial charge is 0.455 e. The smallest absolute Gasteiger partial charge is 0.255 e. The highest BCUT2D eigenvalue weighted by atomic mass is 32.2. The van der Waals surface area contributed by atoms with Gasteiger partial charge in [0.05, 0.1) is 11.1 Å². The molecule has 0 radical (unpaired) electrons. The van der Waals surface area contributed by atoms with Gasteiger partial charge in [-0.15, -0.1) is 0 Å². The van der Waals surface area contributed by atoms with Gasteiger partial charge in [-0.3, -0.25) is 9.78 Å². The van der Waals surface area contributed by atoms with Gasteiger partial charge in [0.2, 0.25) is 0 Å². The number of aromatic nitrogens is 1. The predicted molar refractivity (Wildman–Crippen MR) is 98.3 cm³/mol. The standard InChI is InChI=1S/C19H16N2O4S/c1-26(23,24)16-9-7-14(8-10-16)19(22)21-17-13-20-12-11-18(17)25-15-5-3-2-4-6-15/h2-13H,1H3,(H,21,22). The molecular formula is C19H16N2O4S. The van der Waals surface area contributed by atoms with Crippen LogP contribution in [0.25, 0.3) is 0 Å². The maximum atomic E-state index is 12.4. The highest BCUT2D eigenvalue weighted by molar-refractivity contribution is 7.90. The van der Waals surface area contributed by atoms with Crippen molar-refractivity contribution in [2.75, 3.05) is 11.6 Å². The fourth-order valence-corrected chi connectivity index (χ4v) is 2.86. The second-order valence-electron chi connectivity index (χ2n) is 5.54. The summed E-state index contributed by atoms with van der Waals surface area (Å²) >= 11 is 0. The SMILES string of the molecule is CS(=O)(=O)c1ccc(C(=O)Nc2cnccc2Oc2ccccc2)cc1. The minimum Gasteiger partial charge on any atom is -0.455 e. The van der Waals surface area contributed by atoms with E-state index in [1.54, 1.807) is 24.4 Å². The first-order valence-electron chi connectivity index (χ1n) is 7.72. The number of amides is 1. The lowest BCUT2D eigenvalue weighted by Crippen LogP contribution is -2.13. The Hall–Kier alpha value is -3.19. The number of benzene rings is 2. The first kappa shape index (κ1) is 17.6. The van der Waals surface area contributed by atoms with Crippen molar-refractivity contribution in [3.8, 4) is 11.5 Å². The molecule has 0 saturated heterocycles. The molecule has 1 heterocycles. The number of nitrogens with one attached hydrogen (secondary N) is 1. The number of sulfone groups is 1. The van der Waals surface area contributed by atoms with Crippen LogP contribution in [0.2, 0.25) is 0 Å². The Labute approximate surface area is 151 Å². The molecule has 0 aliphatic rings. The van der Waals surface area contributed by atoms with Gasteiger partial charge in [-0.25, -0.2) is 8.42 Å². The number of carbonyl (C=O) groups is 1. The summed E-state index contributed by atoms with van der Waals surface area (Å²) in [6.07, 6.45) is 4.17. The summed E-state index contributed by atoms with van der Waals surface area (Å²) in [5, 5.41) is 2.73. The second kappa shape index (κ2) is 7.37. The molecular weight excluding hydrogens is 352 g/mol. The number of para-hydroxylation sites is 1. The van der Waals surface area contributed by atoms with Gasteiger partial charge in [0, 0.05) is 24.1 Å². The molecule has 7 heteroatoms. The van der Waals surface area contributed by atoms with Crippen molar-refractivity contribution in [1.82, 2.24) is 4.98 Å². The molecule has 0 bridgehead atoms. The number of nitrogens with zero attached hydrogens (tertiary/aromatic N) is 1. The van der Waals surface area contributed by atoms with Crippen LogP contribution in [0, 0.1) is 0 Å². The Kier molecular flexibility index (Phi) is 4.99. The van der Waals surface area contributed by atoms with Crippen molar-refractivity contribution in [3.05, 3.63) is 78.6 Å². The van der Waals surface area contributed by atoms with Gasteiger partial charge in [-0.2, -0.15) is 0 Å². The van der Waals surface area contributed by atoms with Crippen LogP contribution in [0.3, 0.4) is 0 Å². The van der Waals surface area contributed by atoms with Gasteiger partial charge in [-0.05, 0) is 36.4 Å². The van der Waals surface area contributed by atoms with E-state index < -0.39 is 15.7 Å². The zero-order valence-electron chi connectivity index (χ0n) is 13.9. The molecule has 1 amide bonds. The van der Waals surface area contributed by atoms with E-state index in [0.717, 1.165) is 6.26 Å². The van der Waals surface area contributed by atoms with Crippen molar-refractivity contribution < 1.29 is 17.9 Å². The molecule has 6 nitrogen and oxygen atoms in total. The van der Waals surface area contributed by atoms with Crippen LogP contribution in [-0.4, -0.2) is 25.6 Å². The summed E-state index contributed by atoms with van der Waals surface area (Å²) in [6.45, 7) is 0. The molecule has 3 aromatic rings. The van der Waals surface area contributed by atoms with Crippen LogP contribution in [0.4, 0.5) is 5.69 Å². The number of hydrogen-bond acceptors (Lipinski definition) is 5. The molecule has 1 N–H and O–H groups in total. The van der Waals surface area contributed by atoms with E-state index >= 15 is 0 Å². The molecule has 1 aromatic heterocycles. The monoisotopic (exact) mass is 368 g/mol. The van der Waals surface area contributed by atoms with Crippen LogP contribution in [0.1, 0.15) is 10.4 Å². The molecule has 132 valence electrons. The number of pyridine rings is 1. The first-order chi connectivity index (χ1) is 12.4. The molecule has 2 aromatic carbocycles. The van der Waals surface area contributed by atoms with E-state index in [0.29, 0.717) is 22.7 Å². The van der Waals surface area contributed by atoms with Crippen molar-refractivity contribution in [1.29, 1.82) is 0 Å². The lowest BCUT2D eigenvalue weighted by atomic mass is 10.2. The van der Waals surface area contributed by atoms with E-state index in [-0.39, 0.29) is 4.90 Å². The van der Waals surface area contributed by atoms with Crippen molar-refractivity contribution in [2.45, 2.75) is 4.90 Å². The number of carbonyl (C=O) groups excluding carboxylic acids is 1. The summed E-state index contributed by atoms with van der Waals surface area (Å²) in [7, 11) is -3.31. The summed E-state index contributed by atoms with van der Waals surface area (Å²) in [4.78, 5) is 16.6. The van der Waals surface area contributed by atoms with E-state index in [1.807, 2.05) is 18.2 Å². The van der Waals surface area contributed by atoms with Crippen LogP contribution in [0.5, 0.6) is 11.5 Å². The molecule has 0 aliphatic carbocycles. The molecule has 3 rings (SSSR count). The molecule has 26 heavy (non-hydrogen) atoms. The van der Waals surface area contributed by atoms with Crippen molar-refractivity contribution in [3.63, 3.8) is 0 Å². The van der Waals surface area contributed by atoms with Gasteiger partial charge in [-0.1, -0.05) is 18.2 Å². The molecule has 0 atom stereocenters. The summed E-state index contributed by atoms with van der Waals surface area (Å²) in [5.41, 5.74) is 0.737. The van der Waals surface area contributed by atoms with E-state index in [9.17, 15) is 13.2 Å². The topological polar surface area (TPSA) is 85.4 Å². The predicted octanol–water partition coefficient (Wildman–Crippen LogP) is 3.53. The zero-order valence-corrected chi connectivity index (χ0v) is 14.7. The summed E-state index contributed by atoms with van der Waals surface area (Å²) in [6, 6.07) is 16.5. The molecule has 0 fully saturated rings. The fraction of sp³-hybridized carbons (Fsp3) is 0.0526. The number of ether oxygens (including phenoxy) is 1. The summed E-state index contributed by atoms with van der Waals surface area (Å²) < 4.78 is 28.8. The van der Waals surface area contributed by atoms with Gasteiger partial charge in [0.1, 0.15) is 11.4 Å². The maximum Gasteiger partial charge on any atom is 0.255 e. The number of anilines is 1. The Morgan fingerprint density at radius 1 is 1.00 bits per heavy atom. The average Bonchev–Trinajstić information content (AvgIpc) is 2.63. The van der Waals surface area contributed by atoms with E-state index in [2.05, 4.69) is 10.3 Å². The van der Waals surface area contributed by atoms with Crippen LogP contribution in [-0.2, 0) is 9.84 Å². The van der Waals surface area contributed by atoms with Gasteiger partial charge >= 0.3 is 0 Å². The fourth-order valence-electron chi connectivity index (χ4n) is 2.23. The number of hydrogen-bond donors (Lipinski definition) is 1. The second-order valence-corrected chi connectivity index (χ2v) is 7.55. The van der Waals surface area contributed by atoms with Crippen LogP contribution >= 0.6 is 0 Å². The van der Waals surface area contributed by atoms with E-state index in [1.165, 1.54) is 30.5 Å². The Morgan fingerprint density at radius 3 is 2.35 bits per heavy atom. The minimum absolute atomic E-state index is 0.156. The first-order valence-corrected chi connectivity index (χ1v) is 9.61. The molecule has 0 spiro atoms. The third-order valence-electron chi connectivity index (χ3n) is 3.54. The molecule has 0 saturated carbocycles. The molecule has 0 aliphatic heterocycles. The van der Waals surface area contributed by atoms with Gasteiger partial charge in [0.25, 0.3) is 5.91 Å². The van der Waals surface area contributed by atoms with Gasteiger partial charge < -0.3 is 10.1 Å². The third kappa shape index (κ3) is 4.25. The lowest BCUT2D eigenvalue weighted by molar-refractivity contribution is 0.102. The lowest BCUT2D eigenvalue weighted by Gasteiger charge is -2.12. The van der Waals surface area contributed by atoms with E-state index in [4.69, 9.17) is 4.74 Å². The zero-order chi connectivity index (χ0) is 18.6.